The molecule has 4 rings (SSSR count). The zero-order valence-electron chi connectivity index (χ0n) is 17.0. The molecule has 2 heterocycles. The van der Waals surface area contributed by atoms with Crippen LogP contribution in [0.15, 0.2) is 52.3 Å². The van der Waals surface area contributed by atoms with Crippen molar-refractivity contribution in [1.82, 2.24) is 9.03 Å². The Hall–Kier alpha value is -1.89. The van der Waals surface area contributed by atoms with Crippen LogP contribution >= 0.6 is 38.9 Å². The van der Waals surface area contributed by atoms with Crippen LogP contribution in [0.1, 0.15) is 24.8 Å². The first-order chi connectivity index (χ1) is 15.5. The lowest BCUT2D eigenvalue weighted by atomic mass is 10.0. The van der Waals surface area contributed by atoms with Crippen molar-refractivity contribution in [2.24, 2.45) is 0 Å². The van der Waals surface area contributed by atoms with Crippen LogP contribution in [-0.4, -0.2) is 31.7 Å². The Morgan fingerprint density at radius 1 is 1.18 bits per heavy atom. The Labute approximate surface area is 214 Å². The van der Waals surface area contributed by atoms with Gasteiger partial charge in [-0.25, -0.2) is 8.78 Å². The first kappa shape index (κ1) is 26.7. The summed E-state index contributed by atoms with van der Waals surface area (Å²) >= 11 is 10.2. The number of rotatable bonds is 4. The molecule has 0 spiro atoms. The monoisotopic (exact) mass is 591 g/mol. The fraction of sp³-hybridized carbons (Fsp3) is 0.227. The fourth-order valence-electron chi connectivity index (χ4n) is 3.46. The third kappa shape index (κ3) is 5.50. The topological polar surface area (TPSA) is 78.5 Å². The molecule has 12 heteroatoms. The van der Waals surface area contributed by atoms with E-state index in [1.807, 2.05) is 0 Å². The van der Waals surface area contributed by atoms with E-state index in [0.29, 0.717) is 14.9 Å². The molecule has 0 bridgehead atoms. The minimum atomic E-state index is -3.95. The van der Waals surface area contributed by atoms with Gasteiger partial charge in [0.25, 0.3) is 10.2 Å². The van der Waals surface area contributed by atoms with E-state index in [4.69, 9.17) is 11.6 Å². The molecule has 1 aliphatic rings. The molecule has 1 fully saturated rings. The van der Waals surface area contributed by atoms with E-state index in [2.05, 4.69) is 26.0 Å². The Morgan fingerprint density at radius 3 is 2.59 bits per heavy atom. The fourth-order valence-corrected chi connectivity index (χ4v) is 6.21. The SMILES string of the molecule is C.CN1C(C(=O)Nc2ccc(F)c(Cl)c2)CC(c2cc(-c3ccc(Br)c(F)c3)cs2)NS1(=O)=O. The van der Waals surface area contributed by atoms with Crippen molar-refractivity contribution in [3.63, 3.8) is 0 Å². The van der Waals surface area contributed by atoms with Crippen LogP contribution in [0, 0.1) is 11.6 Å². The number of anilines is 1. The van der Waals surface area contributed by atoms with Crippen LogP contribution in [0.5, 0.6) is 0 Å². The summed E-state index contributed by atoms with van der Waals surface area (Å²) < 4.78 is 56.6. The summed E-state index contributed by atoms with van der Waals surface area (Å²) in [6.45, 7) is 0. The highest BCUT2D eigenvalue weighted by Gasteiger charge is 2.41. The number of carbonyl (C=O) groups excluding carboxylic acids is 1. The zero-order valence-corrected chi connectivity index (χ0v) is 21.0. The van der Waals surface area contributed by atoms with E-state index in [0.717, 1.165) is 15.9 Å². The Balaban J connectivity index is 0.00000324. The molecule has 2 unspecified atom stereocenters. The van der Waals surface area contributed by atoms with Crippen molar-refractivity contribution in [2.75, 3.05) is 12.4 Å². The van der Waals surface area contributed by atoms with Gasteiger partial charge in [-0.3, -0.25) is 4.79 Å². The van der Waals surface area contributed by atoms with Gasteiger partial charge in [0, 0.05) is 17.6 Å². The zero-order chi connectivity index (χ0) is 23.9. The number of likely N-dealkylation sites (N-methyl/N-ethyl adjacent to an activating group) is 1. The molecule has 3 aromatic rings. The third-order valence-corrected chi connectivity index (χ3v) is 8.85. The number of carbonyl (C=O) groups is 1. The molecule has 0 radical (unpaired) electrons. The molecule has 1 saturated heterocycles. The number of hydrogen-bond donors (Lipinski definition) is 2. The number of nitrogens with one attached hydrogen (secondary N) is 2. The summed E-state index contributed by atoms with van der Waals surface area (Å²) in [6.07, 6.45) is 0.158. The number of benzene rings is 2. The molecule has 34 heavy (non-hydrogen) atoms. The van der Waals surface area contributed by atoms with Crippen LogP contribution in [0.25, 0.3) is 11.1 Å². The summed E-state index contributed by atoms with van der Waals surface area (Å²) in [5, 5.41) is 4.24. The van der Waals surface area contributed by atoms with Crippen molar-refractivity contribution >= 4 is 60.7 Å². The van der Waals surface area contributed by atoms with Crippen LogP contribution < -0.4 is 10.0 Å². The molecule has 2 aromatic carbocycles. The van der Waals surface area contributed by atoms with Gasteiger partial charge in [0.1, 0.15) is 17.7 Å². The van der Waals surface area contributed by atoms with Crippen molar-refractivity contribution < 1.29 is 22.0 Å². The van der Waals surface area contributed by atoms with Crippen LogP contribution in [0.2, 0.25) is 5.02 Å². The summed E-state index contributed by atoms with van der Waals surface area (Å²) in [5.74, 6) is -1.60. The second-order valence-corrected chi connectivity index (χ2v) is 11.4. The van der Waals surface area contributed by atoms with Crippen molar-refractivity contribution in [2.45, 2.75) is 25.9 Å². The van der Waals surface area contributed by atoms with E-state index in [-0.39, 0.29) is 24.6 Å². The van der Waals surface area contributed by atoms with Gasteiger partial charge in [-0.1, -0.05) is 25.1 Å². The van der Waals surface area contributed by atoms with Gasteiger partial charge < -0.3 is 5.32 Å². The van der Waals surface area contributed by atoms with Crippen LogP contribution in [0.3, 0.4) is 0 Å². The molecule has 6 nitrogen and oxygen atoms in total. The standard InChI is InChI=1S/C21H17BrClF2N3O3S2.CH4/c1-28-19(21(29)26-13-3-5-16(24)15(23)8-13)9-18(27-33(28,30)31)20-7-12(10-32-20)11-2-4-14(22)17(25)6-11;/h2-8,10,18-19,27H,9H2,1H3,(H,26,29);1H4. The second kappa shape index (κ2) is 10.4. The predicted molar refractivity (Wildman–Crippen MR) is 135 cm³/mol. The molecule has 1 aliphatic heterocycles. The van der Waals surface area contributed by atoms with E-state index >= 15 is 0 Å². The molecule has 1 amide bonds. The van der Waals surface area contributed by atoms with Gasteiger partial charge >= 0.3 is 0 Å². The Morgan fingerprint density at radius 2 is 1.91 bits per heavy atom. The average Bonchev–Trinajstić information content (AvgIpc) is 3.25. The lowest BCUT2D eigenvalue weighted by Gasteiger charge is -2.35. The maximum Gasteiger partial charge on any atom is 0.280 e. The van der Waals surface area contributed by atoms with Gasteiger partial charge in [0.2, 0.25) is 5.91 Å². The van der Waals surface area contributed by atoms with Gasteiger partial charge in [-0.2, -0.15) is 17.4 Å². The minimum absolute atomic E-state index is 0. The largest absolute Gasteiger partial charge is 0.325 e. The molecule has 0 aliphatic carbocycles. The quantitative estimate of drug-likeness (QED) is 0.392. The Kier molecular flexibility index (Phi) is 8.16. The van der Waals surface area contributed by atoms with Crippen LogP contribution in [-0.2, 0) is 15.0 Å². The molecule has 2 atom stereocenters. The highest BCUT2D eigenvalue weighted by atomic mass is 79.9. The highest BCUT2D eigenvalue weighted by Crippen LogP contribution is 2.36. The minimum Gasteiger partial charge on any atom is -0.325 e. The molecule has 1 aromatic heterocycles. The average molecular weight is 593 g/mol. The normalized spacial score (nSPS) is 19.9. The lowest BCUT2D eigenvalue weighted by molar-refractivity contribution is -0.120. The number of nitrogens with zero attached hydrogens (tertiary/aromatic N) is 1. The highest BCUT2D eigenvalue weighted by molar-refractivity contribution is 9.10. The maximum atomic E-state index is 13.9. The summed E-state index contributed by atoms with van der Waals surface area (Å²) in [7, 11) is -2.64. The molecule has 0 saturated carbocycles. The number of amides is 1. The predicted octanol–water partition coefficient (Wildman–Crippen LogP) is 5.96. The van der Waals surface area contributed by atoms with Gasteiger partial charge in [-0.05, 0) is 75.3 Å². The second-order valence-electron chi connectivity index (χ2n) is 7.43. The van der Waals surface area contributed by atoms with Crippen molar-refractivity contribution in [3.8, 4) is 11.1 Å². The van der Waals surface area contributed by atoms with E-state index in [9.17, 15) is 22.0 Å². The molecular weight excluding hydrogens is 572 g/mol. The van der Waals surface area contributed by atoms with E-state index in [1.165, 1.54) is 36.6 Å². The molecule has 2 N–H and O–H groups in total. The van der Waals surface area contributed by atoms with Gasteiger partial charge in [0.05, 0.1) is 15.5 Å². The first-order valence-corrected chi connectivity index (χ1v) is 13.1. The number of halogens is 4. The molecular formula is C22H21BrClF2N3O3S2. The summed E-state index contributed by atoms with van der Waals surface area (Å²) in [4.78, 5) is 13.6. The first-order valence-electron chi connectivity index (χ1n) is 9.60. The number of thiophene rings is 1. The van der Waals surface area contributed by atoms with Crippen molar-refractivity contribution in [1.29, 1.82) is 0 Å². The van der Waals surface area contributed by atoms with Gasteiger partial charge in [0.15, 0.2) is 0 Å². The van der Waals surface area contributed by atoms with E-state index in [1.54, 1.807) is 23.6 Å². The third-order valence-electron chi connectivity index (χ3n) is 5.27. The van der Waals surface area contributed by atoms with E-state index < -0.39 is 39.8 Å². The number of hydrogen-bond acceptors (Lipinski definition) is 4. The van der Waals surface area contributed by atoms with Crippen LogP contribution in [0.4, 0.5) is 14.5 Å². The summed E-state index contributed by atoms with van der Waals surface area (Å²) in [6, 6.07) is 8.56. The lowest BCUT2D eigenvalue weighted by Crippen LogP contribution is -2.55. The smallest absolute Gasteiger partial charge is 0.280 e. The summed E-state index contributed by atoms with van der Waals surface area (Å²) in [5.41, 5.74) is 1.64. The maximum absolute atomic E-state index is 13.9. The van der Waals surface area contributed by atoms with Crippen molar-refractivity contribution in [3.05, 3.63) is 73.9 Å². The van der Waals surface area contributed by atoms with Gasteiger partial charge in [-0.15, -0.1) is 11.3 Å². The molecule has 182 valence electrons. The Bertz CT molecular complexity index is 1340.